The largest absolute Gasteiger partial charge is 0.453 e. The summed E-state index contributed by atoms with van der Waals surface area (Å²) in [5.41, 5.74) is 11.4. The fraction of sp³-hybridized carbons (Fsp3) is 0.123. The van der Waals surface area contributed by atoms with Crippen molar-refractivity contribution in [2.45, 2.75) is 41.0 Å². The minimum absolute atomic E-state index is 0.253. The maximum Gasteiger partial charge on any atom is 0.268 e. The van der Waals surface area contributed by atoms with E-state index in [1.54, 1.807) is 12.1 Å². The van der Waals surface area contributed by atoms with Crippen LogP contribution in [0.4, 0.5) is 39.8 Å². The van der Waals surface area contributed by atoms with Crippen molar-refractivity contribution >= 4 is 63.4 Å². The smallest absolute Gasteiger partial charge is 0.268 e. The van der Waals surface area contributed by atoms with Gasteiger partial charge in [-0.15, -0.1) is 0 Å². The van der Waals surface area contributed by atoms with Crippen molar-refractivity contribution < 1.29 is 28.7 Å². The number of amides is 4. The highest BCUT2D eigenvalue weighted by atomic mass is 16.5. The third-order valence-corrected chi connectivity index (χ3v) is 13.4. The normalized spacial score (nSPS) is 16.6. The maximum absolute atomic E-state index is 14.8. The van der Waals surface area contributed by atoms with Crippen molar-refractivity contribution in [1.82, 2.24) is 0 Å². The first-order chi connectivity index (χ1) is 32.5. The molecule has 0 saturated carbocycles. The molecule has 0 radical (unpaired) electrons. The Bertz CT molecular complexity index is 3380. The van der Waals surface area contributed by atoms with E-state index in [2.05, 4.69) is 19.1 Å². The minimum Gasteiger partial charge on any atom is -0.453 e. The van der Waals surface area contributed by atoms with Crippen LogP contribution in [-0.4, -0.2) is 23.6 Å². The van der Waals surface area contributed by atoms with E-state index in [0.29, 0.717) is 62.3 Å². The molecule has 1 aliphatic carbocycles. The Labute approximate surface area is 387 Å². The zero-order chi connectivity index (χ0) is 46.0. The topological polar surface area (TPSA) is 99.7 Å². The van der Waals surface area contributed by atoms with Gasteiger partial charge in [-0.3, -0.25) is 19.2 Å². The molecule has 0 spiro atoms. The number of hydrogen-bond acceptors (Lipinski definition) is 8. The standard InChI is InChI=1S/C57H42N4O6/c1-31-24-25-49-45(26-31)59(42-18-8-11-23-48(42)67-49)44-20-13-15-39-51(44)57(65)61(55(39)63)53-34(4)29-37(30-35(53)5)36-27-32(2)52(33(3)28-36)60-54(62)38-14-12-19-43(50(38)56(60)64)58-40-16-6-9-21-46(40)66-47-22-10-7-17-41(47)58/h6-23,25-31H,24H2,1-5H3. The van der Waals surface area contributed by atoms with Gasteiger partial charge in [-0.1, -0.05) is 61.5 Å². The Morgan fingerprint density at radius 2 is 0.851 bits per heavy atom. The lowest BCUT2D eigenvalue weighted by molar-refractivity contribution is 0.0910. The Kier molecular flexibility index (Phi) is 8.82. The number of anilines is 7. The van der Waals surface area contributed by atoms with Crippen molar-refractivity contribution in [1.29, 1.82) is 0 Å². The molecule has 7 aromatic rings. The number of rotatable bonds is 5. The highest BCUT2D eigenvalue weighted by Crippen LogP contribution is 2.53. The fourth-order valence-corrected chi connectivity index (χ4v) is 10.6. The van der Waals surface area contributed by atoms with Gasteiger partial charge in [0.15, 0.2) is 17.2 Å². The second-order valence-corrected chi connectivity index (χ2v) is 17.8. The molecule has 326 valence electrons. The van der Waals surface area contributed by atoms with Crippen LogP contribution < -0.4 is 29.1 Å². The van der Waals surface area contributed by atoms with Crippen LogP contribution in [0.3, 0.4) is 0 Å². The zero-order valence-electron chi connectivity index (χ0n) is 37.4. The van der Waals surface area contributed by atoms with E-state index in [-0.39, 0.29) is 11.8 Å². The first kappa shape index (κ1) is 40.0. The summed E-state index contributed by atoms with van der Waals surface area (Å²) < 4.78 is 12.6. The molecule has 1 unspecified atom stereocenters. The molecule has 10 heteroatoms. The van der Waals surface area contributed by atoms with E-state index in [1.807, 2.05) is 159 Å². The number of nitrogens with zero attached hydrogens (tertiary/aromatic N) is 4. The van der Waals surface area contributed by atoms with Gasteiger partial charge >= 0.3 is 0 Å². The molecule has 0 fully saturated rings. The lowest BCUT2D eigenvalue weighted by atomic mass is 9.94. The van der Waals surface area contributed by atoms with Crippen LogP contribution in [0.2, 0.25) is 0 Å². The number of hydrogen-bond donors (Lipinski definition) is 0. The van der Waals surface area contributed by atoms with Crippen LogP contribution in [0.25, 0.3) is 11.1 Å². The summed E-state index contributed by atoms with van der Waals surface area (Å²) in [6, 6.07) is 41.8. The number of allylic oxidation sites excluding steroid dienone is 2. The predicted octanol–water partition coefficient (Wildman–Crippen LogP) is 13.1. The molecule has 7 aromatic carbocycles. The van der Waals surface area contributed by atoms with Gasteiger partial charge in [0, 0.05) is 0 Å². The van der Waals surface area contributed by atoms with Gasteiger partial charge in [0.05, 0.1) is 67.8 Å². The average molecular weight is 879 g/mol. The monoisotopic (exact) mass is 878 g/mol. The van der Waals surface area contributed by atoms with Crippen LogP contribution in [0.1, 0.15) is 77.0 Å². The molecule has 4 aliphatic heterocycles. The number of aryl methyl sites for hydroxylation is 4. The third kappa shape index (κ3) is 5.88. The average Bonchev–Trinajstić information content (AvgIpc) is 3.73. The van der Waals surface area contributed by atoms with E-state index >= 15 is 0 Å². The summed E-state index contributed by atoms with van der Waals surface area (Å²) in [5, 5.41) is 0. The summed E-state index contributed by atoms with van der Waals surface area (Å²) in [6.45, 7) is 9.78. The van der Waals surface area contributed by atoms with Crippen molar-refractivity contribution in [2.24, 2.45) is 5.92 Å². The zero-order valence-corrected chi connectivity index (χ0v) is 37.4. The van der Waals surface area contributed by atoms with Gasteiger partial charge in [-0.2, -0.15) is 0 Å². The maximum atomic E-state index is 14.8. The highest BCUT2D eigenvalue weighted by Gasteiger charge is 2.44. The van der Waals surface area contributed by atoms with Crippen LogP contribution in [0.15, 0.2) is 157 Å². The van der Waals surface area contributed by atoms with Crippen molar-refractivity contribution in [3.63, 3.8) is 0 Å². The van der Waals surface area contributed by atoms with E-state index in [4.69, 9.17) is 9.47 Å². The lowest BCUT2D eigenvalue weighted by Gasteiger charge is -2.37. The Hall–Kier alpha value is -8.50. The fourth-order valence-electron chi connectivity index (χ4n) is 10.6. The molecule has 0 N–H and O–H groups in total. The molecular weight excluding hydrogens is 837 g/mol. The van der Waals surface area contributed by atoms with Crippen LogP contribution >= 0.6 is 0 Å². The first-order valence-corrected chi connectivity index (χ1v) is 22.4. The summed E-state index contributed by atoms with van der Waals surface area (Å²) in [6.07, 6.45) is 5.08. The quantitative estimate of drug-likeness (QED) is 0.158. The number of para-hydroxylation sites is 6. The van der Waals surface area contributed by atoms with E-state index in [9.17, 15) is 19.2 Å². The SMILES string of the molecule is Cc1cc(-c2cc(C)c(N3C(=O)c4cccc(N5c6ccccc6Oc6ccccc65)c4C3=O)c(C)c2)cc(C)c1N1C(=O)c2cccc(N3C4=CC(C)CC=C4Oc4ccccc43)c2C1=O. The lowest BCUT2D eigenvalue weighted by Crippen LogP contribution is -2.32. The van der Waals surface area contributed by atoms with Gasteiger partial charge < -0.3 is 19.3 Å². The van der Waals surface area contributed by atoms with Crippen molar-refractivity contribution in [3.8, 4) is 28.4 Å². The molecule has 10 nitrogen and oxygen atoms in total. The molecule has 4 heterocycles. The van der Waals surface area contributed by atoms with Gasteiger partial charge in [-0.25, -0.2) is 9.80 Å². The predicted molar refractivity (Wildman–Crippen MR) is 260 cm³/mol. The van der Waals surface area contributed by atoms with E-state index in [0.717, 1.165) is 68.3 Å². The number of benzene rings is 7. The van der Waals surface area contributed by atoms with Crippen LogP contribution in [0, 0.1) is 33.6 Å². The summed E-state index contributed by atoms with van der Waals surface area (Å²) in [7, 11) is 0. The van der Waals surface area contributed by atoms with Crippen molar-refractivity contribution in [2.75, 3.05) is 19.6 Å². The van der Waals surface area contributed by atoms with Gasteiger partial charge in [0.1, 0.15) is 5.76 Å². The molecule has 0 aromatic heterocycles. The summed E-state index contributed by atoms with van der Waals surface area (Å²) in [5.74, 6) is 1.36. The number of fused-ring (bicyclic) bond motifs is 6. The molecule has 0 bridgehead atoms. The number of ether oxygens (including phenoxy) is 2. The first-order valence-electron chi connectivity index (χ1n) is 22.4. The Morgan fingerprint density at radius 3 is 1.33 bits per heavy atom. The summed E-state index contributed by atoms with van der Waals surface area (Å²) >= 11 is 0. The number of carbonyl (C=O) groups is 4. The summed E-state index contributed by atoms with van der Waals surface area (Å²) in [4.78, 5) is 65.1. The number of carbonyl (C=O) groups excluding carboxylic acids is 4. The Balaban J connectivity index is 0.879. The van der Waals surface area contributed by atoms with Gasteiger partial charge in [0.2, 0.25) is 0 Å². The molecule has 5 aliphatic rings. The molecule has 0 saturated heterocycles. The van der Waals surface area contributed by atoms with Gasteiger partial charge in [0.25, 0.3) is 23.6 Å². The second-order valence-electron chi connectivity index (χ2n) is 17.8. The molecule has 67 heavy (non-hydrogen) atoms. The second kappa shape index (κ2) is 14.8. The van der Waals surface area contributed by atoms with Crippen LogP contribution in [-0.2, 0) is 0 Å². The van der Waals surface area contributed by atoms with E-state index < -0.39 is 17.7 Å². The highest BCUT2D eigenvalue weighted by molar-refractivity contribution is 6.38. The molecular formula is C57H42N4O6. The molecule has 1 atom stereocenters. The number of imide groups is 2. The minimum atomic E-state index is -0.407. The van der Waals surface area contributed by atoms with Gasteiger partial charge in [-0.05, 0) is 164 Å². The Morgan fingerprint density at radius 1 is 0.448 bits per heavy atom. The molecule has 12 rings (SSSR count). The van der Waals surface area contributed by atoms with Crippen LogP contribution in [0.5, 0.6) is 17.2 Å². The third-order valence-electron chi connectivity index (χ3n) is 13.4. The molecule has 4 amide bonds. The van der Waals surface area contributed by atoms with E-state index in [1.165, 1.54) is 9.80 Å². The van der Waals surface area contributed by atoms with Crippen molar-refractivity contribution in [3.05, 3.63) is 202 Å².